The summed E-state index contributed by atoms with van der Waals surface area (Å²) in [5.41, 5.74) is 6.51. The first-order valence-electron chi connectivity index (χ1n) is 7.20. The van der Waals surface area contributed by atoms with Gasteiger partial charge < -0.3 is 15.8 Å². The van der Waals surface area contributed by atoms with Crippen LogP contribution in [0.4, 0.5) is 0 Å². The Labute approximate surface area is 121 Å². The van der Waals surface area contributed by atoms with Crippen LogP contribution in [-0.2, 0) is 4.79 Å². The summed E-state index contributed by atoms with van der Waals surface area (Å²) in [5, 5.41) is 3.02. The fraction of sp³-hybridized carbons (Fsp3) is 0.562. The van der Waals surface area contributed by atoms with E-state index in [0.717, 1.165) is 24.2 Å². The van der Waals surface area contributed by atoms with Gasteiger partial charge in [0.25, 0.3) is 0 Å². The van der Waals surface area contributed by atoms with Gasteiger partial charge in [0.15, 0.2) is 0 Å². The number of carbonyl (C=O) groups is 1. The normalized spacial score (nSPS) is 13.6. The SMILES string of the molecule is COc1ccccc1C(C)NC(=O)CCC(C)CCN. The van der Waals surface area contributed by atoms with Gasteiger partial charge in [-0.05, 0) is 38.3 Å². The first kappa shape index (κ1) is 16.5. The highest BCUT2D eigenvalue weighted by Crippen LogP contribution is 2.24. The summed E-state index contributed by atoms with van der Waals surface area (Å²) in [4.78, 5) is 12.0. The van der Waals surface area contributed by atoms with Gasteiger partial charge in [-0.1, -0.05) is 25.1 Å². The van der Waals surface area contributed by atoms with Gasteiger partial charge in [0, 0.05) is 12.0 Å². The molecular formula is C16H26N2O2. The van der Waals surface area contributed by atoms with E-state index < -0.39 is 0 Å². The van der Waals surface area contributed by atoms with Crippen LogP contribution in [0, 0.1) is 5.92 Å². The molecule has 0 radical (unpaired) electrons. The van der Waals surface area contributed by atoms with Crippen molar-refractivity contribution in [2.45, 2.75) is 39.2 Å². The average Bonchev–Trinajstić information content (AvgIpc) is 2.45. The maximum Gasteiger partial charge on any atom is 0.220 e. The third kappa shape index (κ3) is 5.21. The third-order valence-electron chi connectivity index (χ3n) is 3.51. The molecule has 4 nitrogen and oxygen atoms in total. The van der Waals surface area contributed by atoms with E-state index >= 15 is 0 Å². The fourth-order valence-electron chi connectivity index (χ4n) is 2.22. The Bertz CT molecular complexity index is 421. The maximum atomic E-state index is 12.0. The van der Waals surface area contributed by atoms with Crippen LogP contribution < -0.4 is 15.8 Å². The molecule has 1 aromatic rings. The third-order valence-corrected chi connectivity index (χ3v) is 3.51. The van der Waals surface area contributed by atoms with Crippen LogP contribution in [0.2, 0.25) is 0 Å². The number of benzene rings is 1. The largest absolute Gasteiger partial charge is 0.496 e. The molecule has 0 heterocycles. The van der Waals surface area contributed by atoms with Gasteiger partial charge in [0.05, 0.1) is 13.2 Å². The summed E-state index contributed by atoms with van der Waals surface area (Å²) >= 11 is 0. The van der Waals surface area contributed by atoms with Crippen molar-refractivity contribution in [3.05, 3.63) is 29.8 Å². The second-order valence-electron chi connectivity index (χ2n) is 5.25. The zero-order chi connectivity index (χ0) is 15.0. The molecule has 2 atom stereocenters. The lowest BCUT2D eigenvalue weighted by Gasteiger charge is -2.18. The number of amides is 1. The van der Waals surface area contributed by atoms with E-state index in [-0.39, 0.29) is 11.9 Å². The van der Waals surface area contributed by atoms with Crippen molar-refractivity contribution in [3.63, 3.8) is 0 Å². The predicted molar refractivity (Wildman–Crippen MR) is 81.6 cm³/mol. The van der Waals surface area contributed by atoms with E-state index in [2.05, 4.69) is 12.2 Å². The number of hydrogen-bond acceptors (Lipinski definition) is 3. The van der Waals surface area contributed by atoms with Crippen LogP contribution in [0.1, 0.15) is 44.7 Å². The van der Waals surface area contributed by atoms with E-state index in [9.17, 15) is 4.79 Å². The minimum Gasteiger partial charge on any atom is -0.496 e. The second-order valence-corrected chi connectivity index (χ2v) is 5.25. The lowest BCUT2D eigenvalue weighted by atomic mass is 10.0. The molecule has 0 aliphatic heterocycles. The smallest absolute Gasteiger partial charge is 0.220 e. The van der Waals surface area contributed by atoms with Gasteiger partial charge in [-0.2, -0.15) is 0 Å². The first-order valence-corrected chi connectivity index (χ1v) is 7.20. The van der Waals surface area contributed by atoms with Gasteiger partial charge in [0.2, 0.25) is 5.91 Å². The van der Waals surface area contributed by atoms with Crippen molar-refractivity contribution < 1.29 is 9.53 Å². The summed E-state index contributed by atoms with van der Waals surface area (Å²) in [6, 6.07) is 7.70. The lowest BCUT2D eigenvalue weighted by molar-refractivity contribution is -0.122. The van der Waals surface area contributed by atoms with Crippen LogP contribution in [0.25, 0.3) is 0 Å². The van der Waals surface area contributed by atoms with Gasteiger partial charge in [0.1, 0.15) is 5.75 Å². The number of ether oxygens (including phenoxy) is 1. The maximum absolute atomic E-state index is 12.0. The molecule has 0 aliphatic rings. The average molecular weight is 278 g/mol. The van der Waals surface area contributed by atoms with E-state index in [1.165, 1.54) is 0 Å². The molecule has 3 N–H and O–H groups in total. The Morgan fingerprint density at radius 2 is 2.00 bits per heavy atom. The molecule has 1 rings (SSSR count). The van der Waals surface area contributed by atoms with Crippen LogP contribution in [0.15, 0.2) is 24.3 Å². The van der Waals surface area contributed by atoms with Crippen LogP contribution in [0.5, 0.6) is 5.75 Å². The molecule has 0 aliphatic carbocycles. The Morgan fingerprint density at radius 1 is 1.30 bits per heavy atom. The molecule has 0 spiro atoms. The fourth-order valence-corrected chi connectivity index (χ4v) is 2.22. The van der Waals surface area contributed by atoms with Crippen molar-refractivity contribution in [2.75, 3.05) is 13.7 Å². The molecule has 2 unspecified atom stereocenters. The number of para-hydroxylation sites is 1. The van der Waals surface area contributed by atoms with Crippen molar-refractivity contribution in [1.82, 2.24) is 5.32 Å². The Kier molecular flexibility index (Phi) is 7.09. The van der Waals surface area contributed by atoms with Gasteiger partial charge in [-0.3, -0.25) is 4.79 Å². The Hall–Kier alpha value is -1.55. The zero-order valence-electron chi connectivity index (χ0n) is 12.7. The predicted octanol–water partition coefficient (Wildman–Crippen LogP) is 2.64. The van der Waals surface area contributed by atoms with Crippen molar-refractivity contribution >= 4 is 5.91 Å². The molecular weight excluding hydrogens is 252 g/mol. The molecule has 112 valence electrons. The van der Waals surface area contributed by atoms with E-state index in [1.54, 1.807) is 7.11 Å². The minimum absolute atomic E-state index is 0.0523. The summed E-state index contributed by atoms with van der Waals surface area (Å²) in [7, 11) is 1.64. The highest BCUT2D eigenvalue weighted by molar-refractivity contribution is 5.76. The quantitative estimate of drug-likeness (QED) is 0.768. The number of methoxy groups -OCH3 is 1. The standard InChI is InChI=1S/C16H26N2O2/c1-12(10-11-17)8-9-16(19)18-13(2)14-6-4-5-7-15(14)20-3/h4-7,12-13H,8-11,17H2,1-3H3,(H,18,19). The second kappa shape index (κ2) is 8.59. The number of hydrogen-bond donors (Lipinski definition) is 2. The van der Waals surface area contributed by atoms with Crippen molar-refractivity contribution in [2.24, 2.45) is 11.7 Å². The summed E-state index contributed by atoms with van der Waals surface area (Å²) in [6.07, 6.45) is 2.39. The highest BCUT2D eigenvalue weighted by atomic mass is 16.5. The topological polar surface area (TPSA) is 64.3 Å². The zero-order valence-corrected chi connectivity index (χ0v) is 12.7. The van der Waals surface area contributed by atoms with Crippen molar-refractivity contribution in [3.8, 4) is 5.75 Å². The number of rotatable bonds is 8. The summed E-state index contributed by atoms with van der Waals surface area (Å²) in [6.45, 7) is 4.78. The van der Waals surface area contributed by atoms with Crippen LogP contribution in [-0.4, -0.2) is 19.6 Å². The minimum atomic E-state index is -0.0523. The molecule has 1 amide bonds. The molecule has 0 saturated heterocycles. The first-order chi connectivity index (χ1) is 9.58. The van der Waals surface area contributed by atoms with Gasteiger partial charge >= 0.3 is 0 Å². The molecule has 0 aromatic heterocycles. The lowest BCUT2D eigenvalue weighted by Crippen LogP contribution is -2.27. The van der Waals surface area contributed by atoms with Gasteiger partial charge in [-0.15, -0.1) is 0 Å². The molecule has 4 heteroatoms. The van der Waals surface area contributed by atoms with Crippen molar-refractivity contribution in [1.29, 1.82) is 0 Å². The van der Waals surface area contributed by atoms with Gasteiger partial charge in [-0.25, -0.2) is 0 Å². The van der Waals surface area contributed by atoms with E-state index in [1.807, 2.05) is 31.2 Å². The number of nitrogens with one attached hydrogen (secondary N) is 1. The molecule has 0 saturated carbocycles. The Morgan fingerprint density at radius 3 is 2.65 bits per heavy atom. The Balaban J connectivity index is 2.49. The molecule has 1 aromatic carbocycles. The van der Waals surface area contributed by atoms with E-state index in [4.69, 9.17) is 10.5 Å². The summed E-state index contributed by atoms with van der Waals surface area (Å²) in [5.74, 6) is 1.37. The molecule has 0 fully saturated rings. The summed E-state index contributed by atoms with van der Waals surface area (Å²) < 4.78 is 5.31. The monoisotopic (exact) mass is 278 g/mol. The van der Waals surface area contributed by atoms with Crippen LogP contribution >= 0.6 is 0 Å². The number of carbonyl (C=O) groups excluding carboxylic acids is 1. The highest BCUT2D eigenvalue weighted by Gasteiger charge is 2.14. The molecule has 20 heavy (non-hydrogen) atoms. The van der Waals surface area contributed by atoms with Crippen LogP contribution in [0.3, 0.4) is 0 Å². The molecule has 0 bridgehead atoms. The van der Waals surface area contributed by atoms with E-state index in [0.29, 0.717) is 18.9 Å². The number of nitrogens with two attached hydrogens (primary N) is 1.